The van der Waals surface area contributed by atoms with Crippen molar-refractivity contribution in [2.24, 2.45) is 5.73 Å². The van der Waals surface area contributed by atoms with E-state index in [1.54, 1.807) is 0 Å². The van der Waals surface area contributed by atoms with Gasteiger partial charge in [0.2, 0.25) is 0 Å². The Labute approximate surface area is 94.0 Å². The van der Waals surface area contributed by atoms with Crippen LogP contribution in [-0.4, -0.2) is 42.8 Å². The summed E-state index contributed by atoms with van der Waals surface area (Å²) in [6, 6.07) is 0.558. The van der Waals surface area contributed by atoms with Gasteiger partial charge in [-0.05, 0) is 53.6 Å². The van der Waals surface area contributed by atoms with Gasteiger partial charge in [0, 0.05) is 12.6 Å². The van der Waals surface area contributed by atoms with Crippen LogP contribution in [-0.2, 0) is 4.74 Å². The molecule has 1 aliphatic rings. The smallest absolute Gasteiger partial charge is 0.0710 e. The zero-order chi connectivity index (χ0) is 11.5. The third kappa shape index (κ3) is 4.09. The van der Waals surface area contributed by atoms with E-state index in [0.29, 0.717) is 12.1 Å². The van der Waals surface area contributed by atoms with Gasteiger partial charge >= 0.3 is 0 Å². The van der Waals surface area contributed by atoms with Crippen LogP contribution in [0, 0.1) is 0 Å². The van der Waals surface area contributed by atoms with Crippen LogP contribution in [0.5, 0.6) is 0 Å². The molecular formula is C12H26N2O. The van der Waals surface area contributed by atoms with Crippen molar-refractivity contribution in [1.82, 2.24) is 4.90 Å². The van der Waals surface area contributed by atoms with Gasteiger partial charge < -0.3 is 15.4 Å². The van der Waals surface area contributed by atoms with Gasteiger partial charge in [-0.3, -0.25) is 0 Å². The largest absolute Gasteiger partial charge is 0.371 e. The molecule has 0 aromatic heterocycles. The first kappa shape index (κ1) is 12.9. The van der Waals surface area contributed by atoms with E-state index in [-0.39, 0.29) is 5.60 Å². The quantitative estimate of drug-likeness (QED) is 0.755. The highest BCUT2D eigenvalue weighted by Crippen LogP contribution is 2.29. The summed E-state index contributed by atoms with van der Waals surface area (Å²) in [5.41, 5.74) is 5.65. The molecule has 0 amide bonds. The van der Waals surface area contributed by atoms with E-state index >= 15 is 0 Å². The minimum atomic E-state index is 0.0859. The van der Waals surface area contributed by atoms with Crippen LogP contribution in [0.2, 0.25) is 0 Å². The lowest BCUT2D eigenvalue weighted by atomic mass is 10.1. The molecule has 1 fully saturated rings. The maximum absolute atomic E-state index is 5.97. The standard InChI is InChI=1S/C12H26N2O/c1-10(6-8-13)14(4)9-11-5-7-12(2,3)15-11/h10-11H,5-9,13H2,1-4H3. The number of nitrogens with two attached hydrogens (primary N) is 1. The molecule has 0 spiro atoms. The van der Waals surface area contributed by atoms with E-state index in [0.717, 1.165) is 19.5 Å². The highest BCUT2D eigenvalue weighted by molar-refractivity contribution is 4.83. The Kier molecular flexibility index (Phi) is 4.56. The molecule has 1 heterocycles. The topological polar surface area (TPSA) is 38.5 Å². The highest BCUT2D eigenvalue weighted by Gasteiger charge is 2.32. The Balaban J connectivity index is 2.30. The number of likely N-dealkylation sites (N-methyl/N-ethyl adjacent to an activating group) is 1. The van der Waals surface area contributed by atoms with Gasteiger partial charge in [-0.25, -0.2) is 0 Å². The molecule has 3 heteroatoms. The number of hydrogen-bond acceptors (Lipinski definition) is 3. The lowest BCUT2D eigenvalue weighted by Crippen LogP contribution is -2.37. The third-order valence-electron chi connectivity index (χ3n) is 3.38. The predicted molar refractivity (Wildman–Crippen MR) is 63.9 cm³/mol. The first-order valence-corrected chi connectivity index (χ1v) is 6.03. The summed E-state index contributed by atoms with van der Waals surface area (Å²) in [4.78, 5) is 2.36. The number of nitrogens with zero attached hydrogens (tertiary/aromatic N) is 1. The van der Waals surface area contributed by atoms with Crippen LogP contribution in [0.25, 0.3) is 0 Å². The minimum Gasteiger partial charge on any atom is -0.371 e. The molecule has 0 saturated carbocycles. The second kappa shape index (κ2) is 5.28. The molecule has 2 N–H and O–H groups in total. The van der Waals surface area contributed by atoms with E-state index in [2.05, 4.69) is 32.7 Å². The second-order valence-corrected chi connectivity index (χ2v) is 5.40. The van der Waals surface area contributed by atoms with Crippen LogP contribution in [0.15, 0.2) is 0 Å². The van der Waals surface area contributed by atoms with Crippen molar-refractivity contribution in [2.75, 3.05) is 20.1 Å². The Morgan fingerprint density at radius 2 is 2.20 bits per heavy atom. The maximum Gasteiger partial charge on any atom is 0.0710 e. The molecule has 0 aromatic carbocycles. The summed E-state index contributed by atoms with van der Waals surface area (Å²) >= 11 is 0. The Hall–Kier alpha value is -0.120. The summed E-state index contributed by atoms with van der Waals surface area (Å²) in [5, 5.41) is 0. The summed E-state index contributed by atoms with van der Waals surface area (Å²) in [6.07, 6.45) is 3.83. The van der Waals surface area contributed by atoms with Gasteiger partial charge in [-0.1, -0.05) is 0 Å². The number of hydrogen-bond donors (Lipinski definition) is 1. The zero-order valence-corrected chi connectivity index (χ0v) is 10.6. The van der Waals surface area contributed by atoms with E-state index in [4.69, 9.17) is 10.5 Å². The van der Waals surface area contributed by atoms with E-state index in [1.807, 2.05) is 0 Å². The Morgan fingerprint density at radius 1 is 1.53 bits per heavy atom. The average molecular weight is 214 g/mol. The van der Waals surface area contributed by atoms with Gasteiger partial charge in [0.1, 0.15) is 0 Å². The molecule has 2 atom stereocenters. The van der Waals surface area contributed by atoms with Gasteiger partial charge in [0.05, 0.1) is 11.7 Å². The molecule has 15 heavy (non-hydrogen) atoms. The van der Waals surface area contributed by atoms with E-state index < -0.39 is 0 Å². The molecule has 1 saturated heterocycles. The summed E-state index contributed by atoms with van der Waals surface area (Å²) in [5.74, 6) is 0. The van der Waals surface area contributed by atoms with E-state index in [1.165, 1.54) is 12.8 Å². The fraction of sp³-hybridized carbons (Fsp3) is 1.00. The molecule has 3 nitrogen and oxygen atoms in total. The molecule has 1 aliphatic heterocycles. The SMILES string of the molecule is CC(CCN)N(C)CC1CCC(C)(C)O1. The van der Waals surface area contributed by atoms with Crippen LogP contribution in [0.4, 0.5) is 0 Å². The first-order valence-electron chi connectivity index (χ1n) is 6.03. The van der Waals surface area contributed by atoms with Crippen molar-refractivity contribution in [3.05, 3.63) is 0 Å². The normalized spacial score (nSPS) is 27.2. The molecule has 0 aliphatic carbocycles. The monoisotopic (exact) mass is 214 g/mol. The third-order valence-corrected chi connectivity index (χ3v) is 3.38. The summed E-state index contributed by atoms with van der Waals surface area (Å²) in [6.45, 7) is 8.38. The van der Waals surface area contributed by atoms with Crippen LogP contribution < -0.4 is 5.73 Å². The lowest BCUT2D eigenvalue weighted by Gasteiger charge is -2.28. The molecule has 1 rings (SSSR count). The van der Waals surface area contributed by atoms with Gasteiger partial charge in [0.15, 0.2) is 0 Å². The van der Waals surface area contributed by atoms with Gasteiger partial charge in [-0.2, -0.15) is 0 Å². The fourth-order valence-electron chi connectivity index (χ4n) is 2.17. The van der Waals surface area contributed by atoms with E-state index in [9.17, 15) is 0 Å². The zero-order valence-electron chi connectivity index (χ0n) is 10.6. The van der Waals surface area contributed by atoms with Crippen LogP contribution >= 0.6 is 0 Å². The average Bonchev–Trinajstić information content (AvgIpc) is 2.46. The first-order chi connectivity index (χ1) is 6.94. The minimum absolute atomic E-state index is 0.0859. The van der Waals surface area contributed by atoms with Crippen LogP contribution in [0.3, 0.4) is 0 Å². The lowest BCUT2D eigenvalue weighted by molar-refractivity contribution is -0.0296. The van der Waals surface area contributed by atoms with Gasteiger partial charge in [0.25, 0.3) is 0 Å². The van der Waals surface area contributed by atoms with Crippen molar-refractivity contribution in [3.8, 4) is 0 Å². The summed E-state index contributed by atoms with van der Waals surface area (Å²) < 4.78 is 5.97. The van der Waals surface area contributed by atoms with Gasteiger partial charge in [-0.15, -0.1) is 0 Å². The fourth-order valence-corrected chi connectivity index (χ4v) is 2.17. The molecule has 0 aromatic rings. The molecule has 2 unspecified atom stereocenters. The van der Waals surface area contributed by atoms with Crippen molar-refractivity contribution in [3.63, 3.8) is 0 Å². The maximum atomic E-state index is 5.97. The predicted octanol–water partition coefficient (Wildman–Crippen LogP) is 1.61. The molecular weight excluding hydrogens is 188 g/mol. The van der Waals surface area contributed by atoms with Crippen LogP contribution in [0.1, 0.15) is 40.0 Å². The Bertz CT molecular complexity index is 194. The molecule has 0 radical (unpaired) electrons. The highest BCUT2D eigenvalue weighted by atomic mass is 16.5. The van der Waals surface area contributed by atoms with Crippen molar-refractivity contribution in [2.45, 2.75) is 57.8 Å². The second-order valence-electron chi connectivity index (χ2n) is 5.40. The molecule has 90 valence electrons. The number of ether oxygens (including phenoxy) is 1. The van der Waals surface area contributed by atoms with Crippen molar-refractivity contribution in [1.29, 1.82) is 0 Å². The Morgan fingerprint density at radius 3 is 2.67 bits per heavy atom. The summed E-state index contributed by atoms with van der Waals surface area (Å²) in [7, 11) is 2.16. The molecule has 0 bridgehead atoms. The van der Waals surface area contributed by atoms with Crippen molar-refractivity contribution >= 4 is 0 Å². The van der Waals surface area contributed by atoms with Crippen molar-refractivity contribution < 1.29 is 4.74 Å². The number of rotatable bonds is 5.